The Morgan fingerprint density at radius 1 is 1.32 bits per heavy atom. The second-order valence-electron chi connectivity index (χ2n) is 6.84. The van der Waals surface area contributed by atoms with Crippen molar-refractivity contribution in [2.24, 2.45) is 11.1 Å². The Morgan fingerprint density at radius 3 is 2.42 bits per heavy atom. The quantitative estimate of drug-likeness (QED) is 0.906. The van der Waals surface area contributed by atoms with Crippen molar-refractivity contribution < 1.29 is 4.39 Å². The maximum absolute atomic E-state index is 13.0. The van der Waals surface area contributed by atoms with Gasteiger partial charge in [-0.15, -0.1) is 0 Å². The molecule has 1 saturated heterocycles. The predicted molar refractivity (Wildman–Crippen MR) is 77.5 cm³/mol. The van der Waals surface area contributed by atoms with E-state index in [0.717, 1.165) is 25.1 Å². The number of hydrogen-bond acceptors (Lipinski definition) is 2. The van der Waals surface area contributed by atoms with Crippen molar-refractivity contribution in [3.05, 3.63) is 35.6 Å². The first-order valence-electron chi connectivity index (χ1n) is 7.04. The van der Waals surface area contributed by atoms with Crippen molar-refractivity contribution in [3.8, 4) is 0 Å². The second kappa shape index (κ2) is 5.22. The van der Waals surface area contributed by atoms with E-state index in [1.807, 2.05) is 12.1 Å². The normalized spacial score (nSPS) is 22.4. The third-order valence-electron chi connectivity index (χ3n) is 4.38. The molecule has 1 heterocycles. The van der Waals surface area contributed by atoms with Crippen LogP contribution in [0, 0.1) is 11.2 Å². The zero-order valence-electron chi connectivity index (χ0n) is 12.2. The average Bonchev–Trinajstić information content (AvgIpc) is 2.73. The minimum absolute atomic E-state index is 0.0361. The molecule has 1 aromatic carbocycles. The van der Waals surface area contributed by atoms with Crippen molar-refractivity contribution in [2.75, 3.05) is 19.6 Å². The number of likely N-dealkylation sites (tertiary alicyclic amines) is 1. The van der Waals surface area contributed by atoms with E-state index in [-0.39, 0.29) is 11.4 Å². The smallest absolute Gasteiger partial charge is 0.123 e. The van der Waals surface area contributed by atoms with E-state index in [9.17, 15) is 4.39 Å². The van der Waals surface area contributed by atoms with Gasteiger partial charge < -0.3 is 5.73 Å². The van der Waals surface area contributed by atoms with Gasteiger partial charge in [0.15, 0.2) is 0 Å². The molecule has 0 spiro atoms. The SMILES string of the molecule is CC1(C)CCN(C(C)(CN)Cc2ccc(F)cc2)C1. The topological polar surface area (TPSA) is 29.3 Å². The molecule has 2 rings (SSSR count). The fourth-order valence-electron chi connectivity index (χ4n) is 2.93. The summed E-state index contributed by atoms with van der Waals surface area (Å²) in [6, 6.07) is 6.79. The number of nitrogens with two attached hydrogens (primary N) is 1. The molecule has 0 radical (unpaired) electrons. The number of benzene rings is 1. The molecule has 106 valence electrons. The number of nitrogens with zero attached hydrogens (tertiary/aromatic N) is 1. The lowest BCUT2D eigenvalue weighted by Crippen LogP contribution is -2.52. The summed E-state index contributed by atoms with van der Waals surface area (Å²) >= 11 is 0. The predicted octanol–water partition coefficient (Wildman–Crippen LogP) is 2.82. The van der Waals surface area contributed by atoms with Crippen molar-refractivity contribution in [3.63, 3.8) is 0 Å². The Kier molecular flexibility index (Phi) is 3.98. The lowest BCUT2D eigenvalue weighted by Gasteiger charge is -2.39. The summed E-state index contributed by atoms with van der Waals surface area (Å²) in [5.74, 6) is -0.180. The van der Waals surface area contributed by atoms with Crippen LogP contribution < -0.4 is 5.73 Å². The van der Waals surface area contributed by atoms with Gasteiger partial charge in [-0.1, -0.05) is 26.0 Å². The van der Waals surface area contributed by atoms with E-state index in [1.54, 1.807) is 0 Å². The molecule has 0 aromatic heterocycles. The van der Waals surface area contributed by atoms with Gasteiger partial charge in [-0.25, -0.2) is 4.39 Å². The van der Waals surface area contributed by atoms with Crippen LogP contribution in [0.2, 0.25) is 0 Å². The van der Waals surface area contributed by atoms with Crippen molar-refractivity contribution >= 4 is 0 Å². The molecule has 3 heteroatoms. The van der Waals surface area contributed by atoms with Gasteiger partial charge in [-0.3, -0.25) is 4.90 Å². The molecular weight excluding hydrogens is 239 g/mol. The van der Waals surface area contributed by atoms with E-state index in [2.05, 4.69) is 25.7 Å². The second-order valence-corrected chi connectivity index (χ2v) is 6.84. The number of hydrogen-bond donors (Lipinski definition) is 1. The lowest BCUT2D eigenvalue weighted by molar-refractivity contribution is 0.128. The molecule has 1 fully saturated rings. The van der Waals surface area contributed by atoms with Gasteiger partial charge in [0.25, 0.3) is 0 Å². The van der Waals surface area contributed by atoms with E-state index in [1.165, 1.54) is 18.6 Å². The highest BCUT2D eigenvalue weighted by atomic mass is 19.1. The van der Waals surface area contributed by atoms with Gasteiger partial charge in [-0.05, 0) is 49.4 Å². The zero-order chi connectivity index (χ0) is 14.1. The van der Waals surface area contributed by atoms with Gasteiger partial charge in [0, 0.05) is 18.6 Å². The Bertz CT molecular complexity index is 427. The van der Waals surface area contributed by atoms with Crippen LogP contribution in [-0.2, 0) is 6.42 Å². The van der Waals surface area contributed by atoms with Gasteiger partial charge in [-0.2, -0.15) is 0 Å². The minimum Gasteiger partial charge on any atom is -0.329 e. The van der Waals surface area contributed by atoms with Gasteiger partial charge >= 0.3 is 0 Å². The summed E-state index contributed by atoms with van der Waals surface area (Å²) in [6.07, 6.45) is 2.09. The molecule has 2 N–H and O–H groups in total. The summed E-state index contributed by atoms with van der Waals surface area (Å²) in [5.41, 5.74) is 7.53. The average molecular weight is 264 g/mol. The molecule has 0 bridgehead atoms. The molecule has 1 aliphatic rings. The van der Waals surface area contributed by atoms with Gasteiger partial charge in [0.1, 0.15) is 5.82 Å². The fraction of sp³-hybridized carbons (Fsp3) is 0.625. The zero-order valence-corrected chi connectivity index (χ0v) is 12.2. The Balaban J connectivity index is 2.12. The third kappa shape index (κ3) is 3.34. The number of halogens is 1. The molecular formula is C16H25FN2. The molecule has 0 saturated carbocycles. The first-order valence-corrected chi connectivity index (χ1v) is 7.04. The van der Waals surface area contributed by atoms with E-state index >= 15 is 0 Å². The minimum atomic E-state index is -0.180. The summed E-state index contributed by atoms with van der Waals surface area (Å²) < 4.78 is 13.0. The molecule has 0 aliphatic carbocycles. The van der Waals surface area contributed by atoms with Crippen molar-refractivity contribution in [1.29, 1.82) is 0 Å². The largest absolute Gasteiger partial charge is 0.329 e. The lowest BCUT2D eigenvalue weighted by atomic mass is 9.89. The maximum Gasteiger partial charge on any atom is 0.123 e. The van der Waals surface area contributed by atoms with E-state index in [4.69, 9.17) is 5.73 Å². The van der Waals surface area contributed by atoms with Crippen LogP contribution in [-0.4, -0.2) is 30.1 Å². The molecule has 0 amide bonds. The molecule has 19 heavy (non-hydrogen) atoms. The highest BCUT2D eigenvalue weighted by molar-refractivity contribution is 5.19. The van der Waals surface area contributed by atoms with E-state index in [0.29, 0.717) is 12.0 Å². The molecule has 1 atom stereocenters. The maximum atomic E-state index is 13.0. The third-order valence-corrected chi connectivity index (χ3v) is 4.38. The summed E-state index contributed by atoms with van der Waals surface area (Å²) in [7, 11) is 0. The fourth-order valence-corrected chi connectivity index (χ4v) is 2.93. The van der Waals surface area contributed by atoms with Crippen LogP contribution in [0.3, 0.4) is 0 Å². The van der Waals surface area contributed by atoms with Crippen molar-refractivity contribution in [2.45, 2.75) is 39.2 Å². The highest BCUT2D eigenvalue weighted by Gasteiger charge is 2.39. The Hall–Kier alpha value is -0.930. The van der Waals surface area contributed by atoms with E-state index < -0.39 is 0 Å². The first-order chi connectivity index (χ1) is 8.85. The van der Waals surface area contributed by atoms with Gasteiger partial charge in [0.05, 0.1) is 0 Å². The van der Waals surface area contributed by atoms with Crippen LogP contribution >= 0.6 is 0 Å². The van der Waals surface area contributed by atoms with Crippen LogP contribution in [0.5, 0.6) is 0 Å². The number of rotatable bonds is 4. The molecule has 1 aliphatic heterocycles. The van der Waals surface area contributed by atoms with Crippen LogP contribution in [0.25, 0.3) is 0 Å². The Morgan fingerprint density at radius 2 is 1.95 bits per heavy atom. The monoisotopic (exact) mass is 264 g/mol. The summed E-state index contributed by atoms with van der Waals surface area (Å²) in [5, 5.41) is 0. The highest BCUT2D eigenvalue weighted by Crippen LogP contribution is 2.34. The first kappa shape index (κ1) is 14.5. The standard InChI is InChI=1S/C16H25FN2/c1-15(2)8-9-19(12-15)16(3,11-18)10-13-4-6-14(17)7-5-13/h4-7H,8-12,18H2,1-3H3. The van der Waals surface area contributed by atoms with Crippen LogP contribution in [0.15, 0.2) is 24.3 Å². The Labute approximate surface area is 115 Å². The van der Waals surface area contributed by atoms with Crippen molar-refractivity contribution in [1.82, 2.24) is 4.90 Å². The van der Waals surface area contributed by atoms with Gasteiger partial charge in [0.2, 0.25) is 0 Å². The summed E-state index contributed by atoms with van der Waals surface area (Å²) in [6.45, 7) is 9.64. The molecule has 2 nitrogen and oxygen atoms in total. The van der Waals surface area contributed by atoms with Crippen LogP contribution in [0.4, 0.5) is 4.39 Å². The molecule has 1 aromatic rings. The summed E-state index contributed by atoms with van der Waals surface area (Å²) in [4.78, 5) is 2.50. The van der Waals surface area contributed by atoms with Crippen LogP contribution in [0.1, 0.15) is 32.8 Å². The molecule has 1 unspecified atom stereocenters.